The first-order valence-corrected chi connectivity index (χ1v) is 15.3. The summed E-state index contributed by atoms with van der Waals surface area (Å²) in [6.07, 6.45) is 1.00. The molecular weight excluding hydrogens is 542 g/mol. The van der Waals surface area contributed by atoms with E-state index in [0.717, 1.165) is 52.3 Å². The maximum absolute atomic E-state index is 9.80. The average molecular weight is 578 g/mol. The summed E-state index contributed by atoms with van der Waals surface area (Å²) < 4.78 is 6.22. The first-order chi connectivity index (χ1) is 20.4. The van der Waals surface area contributed by atoms with Gasteiger partial charge in [0.2, 0.25) is 5.89 Å². The van der Waals surface area contributed by atoms with Gasteiger partial charge in [0.1, 0.15) is 16.6 Å². The zero-order valence-corrected chi connectivity index (χ0v) is 25.3. The number of benzene rings is 3. The van der Waals surface area contributed by atoms with Gasteiger partial charge in [0, 0.05) is 54.6 Å². The van der Waals surface area contributed by atoms with Crippen molar-refractivity contribution in [2.24, 2.45) is 0 Å². The van der Waals surface area contributed by atoms with E-state index in [0.29, 0.717) is 41.7 Å². The van der Waals surface area contributed by atoms with Gasteiger partial charge in [0.25, 0.3) is 0 Å². The summed E-state index contributed by atoms with van der Waals surface area (Å²) in [6.45, 7) is 11.9. The van der Waals surface area contributed by atoms with Crippen molar-refractivity contribution < 1.29 is 9.52 Å². The van der Waals surface area contributed by atoms with Crippen molar-refractivity contribution in [3.8, 4) is 39.2 Å². The number of nitriles is 1. The molecule has 0 bridgehead atoms. The van der Waals surface area contributed by atoms with Crippen LogP contribution in [0.15, 0.2) is 52.9 Å². The molecule has 0 saturated carbocycles. The van der Waals surface area contributed by atoms with E-state index >= 15 is 0 Å². The molecule has 6 rings (SSSR count). The maximum atomic E-state index is 9.80. The highest BCUT2D eigenvalue weighted by Gasteiger charge is 2.24. The first-order valence-electron chi connectivity index (χ1n) is 14.5. The molecule has 0 radical (unpaired) electrons. The van der Waals surface area contributed by atoms with Crippen molar-refractivity contribution in [2.45, 2.75) is 53.2 Å². The Hall–Kier alpha value is -3.87. The van der Waals surface area contributed by atoms with Gasteiger partial charge in [0.15, 0.2) is 5.58 Å². The smallest absolute Gasteiger partial charge is 0.227 e. The van der Waals surface area contributed by atoms with Crippen LogP contribution in [0.3, 0.4) is 0 Å². The van der Waals surface area contributed by atoms with Gasteiger partial charge in [-0.05, 0) is 73.7 Å². The predicted octanol–water partition coefficient (Wildman–Crippen LogP) is 6.62. The molecule has 1 aliphatic heterocycles. The highest BCUT2D eigenvalue weighted by atomic mass is 32.1. The number of thiazole rings is 1. The quantitative estimate of drug-likeness (QED) is 0.200. The lowest BCUT2D eigenvalue weighted by atomic mass is 9.91. The van der Waals surface area contributed by atoms with Gasteiger partial charge in [-0.2, -0.15) is 5.26 Å². The topological polar surface area (TPSA) is 98.2 Å². The molecule has 3 heterocycles. The van der Waals surface area contributed by atoms with Crippen molar-refractivity contribution in [3.63, 3.8) is 0 Å². The van der Waals surface area contributed by atoms with E-state index in [2.05, 4.69) is 68.2 Å². The number of oxazole rings is 1. The summed E-state index contributed by atoms with van der Waals surface area (Å²) in [7, 11) is 0. The standard InChI is InChI=1S/C34H35N5O2S/c1-20(2)39-13-11-29-31(19-39)42-34(38-29)28-10-6-8-26(22(28)4)25-7-5-9-27(21(25)3)33-37-30-16-23(18-36-12-14-40)15-24(17-35)32(30)41-33/h5-10,15-16,20,36,40H,11-14,18-19H2,1-4H3. The number of aromatic nitrogens is 2. The van der Waals surface area contributed by atoms with Gasteiger partial charge >= 0.3 is 0 Å². The minimum atomic E-state index is 0.0579. The molecule has 2 aromatic heterocycles. The fourth-order valence-electron chi connectivity index (χ4n) is 5.79. The first kappa shape index (κ1) is 28.3. The Kier molecular flexibility index (Phi) is 7.93. The minimum absolute atomic E-state index is 0.0579. The third kappa shape index (κ3) is 5.25. The van der Waals surface area contributed by atoms with Crippen LogP contribution in [-0.4, -0.2) is 45.7 Å². The van der Waals surface area contributed by atoms with E-state index in [-0.39, 0.29) is 6.61 Å². The molecule has 1 aliphatic rings. The lowest BCUT2D eigenvalue weighted by Gasteiger charge is -2.29. The lowest BCUT2D eigenvalue weighted by Crippen LogP contribution is -2.35. The monoisotopic (exact) mass is 577 g/mol. The van der Waals surface area contributed by atoms with Gasteiger partial charge in [-0.15, -0.1) is 11.3 Å². The SMILES string of the molecule is Cc1c(-c2nc3cc(CNCCO)cc(C#N)c3o2)cccc1-c1cccc(-c2nc3c(s2)CN(C(C)C)CC3)c1C. The Morgan fingerprint density at radius 2 is 1.76 bits per heavy atom. The van der Waals surface area contributed by atoms with E-state index in [1.165, 1.54) is 21.7 Å². The third-order valence-corrected chi connectivity index (χ3v) is 9.31. The number of fused-ring (bicyclic) bond motifs is 2. The summed E-state index contributed by atoms with van der Waals surface area (Å²) in [5.74, 6) is 0.498. The fourth-order valence-corrected chi connectivity index (χ4v) is 7.01. The second kappa shape index (κ2) is 11.8. The van der Waals surface area contributed by atoms with E-state index in [1.807, 2.05) is 35.6 Å². The van der Waals surface area contributed by atoms with E-state index in [4.69, 9.17) is 19.5 Å². The maximum Gasteiger partial charge on any atom is 0.227 e. The Bertz CT molecular complexity index is 1810. The van der Waals surface area contributed by atoms with Crippen LogP contribution in [0.5, 0.6) is 0 Å². The van der Waals surface area contributed by atoms with Crippen LogP contribution in [0.1, 0.15) is 46.7 Å². The number of nitrogens with one attached hydrogen (secondary N) is 1. The Morgan fingerprint density at radius 1 is 1.05 bits per heavy atom. The van der Waals surface area contributed by atoms with Crippen LogP contribution in [0.2, 0.25) is 0 Å². The molecule has 2 N–H and O–H groups in total. The van der Waals surface area contributed by atoms with Crippen LogP contribution in [0.25, 0.3) is 44.3 Å². The highest BCUT2D eigenvalue weighted by molar-refractivity contribution is 7.15. The molecule has 0 amide bonds. The van der Waals surface area contributed by atoms with Crippen molar-refractivity contribution >= 4 is 22.4 Å². The molecule has 5 aromatic rings. The largest absolute Gasteiger partial charge is 0.435 e. The summed E-state index contributed by atoms with van der Waals surface area (Å²) >= 11 is 1.82. The number of nitrogens with zero attached hydrogens (tertiary/aromatic N) is 4. The van der Waals surface area contributed by atoms with Gasteiger partial charge < -0.3 is 14.8 Å². The lowest BCUT2D eigenvalue weighted by molar-refractivity contribution is 0.205. The molecule has 42 heavy (non-hydrogen) atoms. The van der Waals surface area contributed by atoms with Gasteiger partial charge in [0.05, 0.1) is 17.9 Å². The summed E-state index contributed by atoms with van der Waals surface area (Å²) in [4.78, 5) is 13.8. The number of hydrogen-bond donors (Lipinski definition) is 2. The molecular formula is C34H35N5O2S. The van der Waals surface area contributed by atoms with E-state index in [1.54, 1.807) is 0 Å². The predicted molar refractivity (Wildman–Crippen MR) is 168 cm³/mol. The molecule has 3 aromatic carbocycles. The fraction of sp³-hybridized carbons (Fsp3) is 0.324. The molecule has 0 unspecified atom stereocenters. The molecule has 214 valence electrons. The van der Waals surface area contributed by atoms with Crippen molar-refractivity contribution in [1.29, 1.82) is 5.26 Å². The van der Waals surface area contributed by atoms with Crippen LogP contribution in [0.4, 0.5) is 0 Å². The zero-order valence-electron chi connectivity index (χ0n) is 24.5. The summed E-state index contributed by atoms with van der Waals surface area (Å²) in [6, 6.07) is 19.2. The Labute approximate surface area is 250 Å². The third-order valence-electron chi connectivity index (χ3n) is 8.20. The number of aliphatic hydroxyl groups excluding tert-OH is 1. The Morgan fingerprint density at radius 3 is 2.48 bits per heavy atom. The molecule has 0 atom stereocenters. The number of rotatable bonds is 8. The van der Waals surface area contributed by atoms with Crippen LogP contribution < -0.4 is 5.32 Å². The Balaban J connectivity index is 1.36. The summed E-state index contributed by atoms with van der Waals surface area (Å²) in [5.41, 5.74) is 10.4. The zero-order chi connectivity index (χ0) is 29.4. The second-order valence-corrected chi connectivity index (χ2v) is 12.3. The van der Waals surface area contributed by atoms with Crippen LogP contribution in [-0.2, 0) is 19.5 Å². The van der Waals surface area contributed by atoms with E-state index < -0.39 is 0 Å². The minimum Gasteiger partial charge on any atom is -0.435 e. The van der Waals surface area contributed by atoms with Gasteiger partial charge in [-0.3, -0.25) is 4.90 Å². The van der Waals surface area contributed by atoms with Crippen LogP contribution in [0, 0.1) is 25.2 Å². The van der Waals surface area contributed by atoms with E-state index in [9.17, 15) is 5.26 Å². The number of hydrogen-bond acceptors (Lipinski definition) is 8. The summed E-state index contributed by atoms with van der Waals surface area (Å²) in [5, 5.41) is 23.1. The normalized spacial score (nSPS) is 13.5. The molecule has 0 saturated heterocycles. The molecule has 7 nitrogen and oxygen atoms in total. The van der Waals surface area contributed by atoms with Crippen molar-refractivity contribution in [1.82, 2.24) is 20.2 Å². The second-order valence-electron chi connectivity index (χ2n) is 11.2. The number of aliphatic hydroxyl groups is 1. The molecule has 0 fully saturated rings. The van der Waals surface area contributed by atoms with Gasteiger partial charge in [-0.1, -0.05) is 30.3 Å². The highest BCUT2D eigenvalue weighted by Crippen LogP contribution is 2.40. The average Bonchev–Trinajstić information content (AvgIpc) is 3.61. The molecule has 8 heteroatoms. The molecule has 0 aliphatic carbocycles. The van der Waals surface area contributed by atoms with Crippen LogP contribution >= 0.6 is 11.3 Å². The van der Waals surface area contributed by atoms with Gasteiger partial charge in [-0.25, -0.2) is 9.97 Å². The van der Waals surface area contributed by atoms with Crippen molar-refractivity contribution in [2.75, 3.05) is 19.7 Å². The van der Waals surface area contributed by atoms with Crippen molar-refractivity contribution in [3.05, 3.63) is 81.4 Å². The molecule has 0 spiro atoms.